The van der Waals surface area contributed by atoms with Crippen LogP contribution in [0.2, 0.25) is 0 Å². The van der Waals surface area contributed by atoms with E-state index in [-0.39, 0.29) is 17.1 Å². The first-order valence-corrected chi connectivity index (χ1v) is 8.72. The van der Waals surface area contributed by atoms with Gasteiger partial charge in [0.15, 0.2) is 11.2 Å². The summed E-state index contributed by atoms with van der Waals surface area (Å²) in [5.74, 6) is -0.202. The summed E-state index contributed by atoms with van der Waals surface area (Å²) >= 11 is 1.65. The van der Waals surface area contributed by atoms with Gasteiger partial charge in [-0.1, -0.05) is 6.07 Å². The third-order valence-corrected chi connectivity index (χ3v) is 5.16. The number of aryl methyl sites for hydroxylation is 1. The highest BCUT2D eigenvalue weighted by molar-refractivity contribution is 7.09. The summed E-state index contributed by atoms with van der Waals surface area (Å²) in [6, 6.07) is 3.38. The molecule has 1 atom stereocenters. The summed E-state index contributed by atoms with van der Waals surface area (Å²) < 4.78 is 3.83. The van der Waals surface area contributed by atoms with Crippen molar-refractivity contribution in [2.75, 3.05) is 6.54 Å². The number of hydrogen-bond donors (Lipinski definition) is 1. The molecule has 0 radical (unpaired) electrons. The van der Waals surface area contributed by atoms with Crippen molar-refractivity contribution in [2.45, 2.75) is 19.4 Å². The Bertz CT molecular complexity index is 1030. The summed E-state index contributed by atoms with van der Waals surface area (Å²) in [5.41, 5.74) is -0.401. The number of carbonyl (C=O) groups excluding carboxylic acids is 1. The zero-order valence-electron chi connectivity index (χ0n) is 14.2. The molecule has 0 bridgehead atoms. The Labute approximate surface area is 147 Å². The molecular formula is C16H19N5O3S. The molecule has 0 saturated carbocycles. The first kappa shape index (κ1) is 17.2. The van der Waals surface area contributed by atoms with Crippen molar-refractivity contribution < 1.29 is 4.79 Å². The quantitative estimate of drug-likeness (QED) is 0.713. The highest BCUT2D eigenvalue weighted by Gasteiger charge is 2.21. The molecule has 1 amide bonds. The zero-order chi connectivity index (χ0) is 18.1. The van der Waals surface area contributed by atoms with Crippen LogP contribution in [0.5, 0.6) is 0 Å². The van der Waals surface area contributed by atoms with Crippen LogP contribution in [-0.2, 0) is 25.3 Å². The lowest BCUT2D eigenvalue weighted by atomic mass is 10.3. The summed E-state index contributed by atoms with van der Waals surface area (Å²) in [6.07, 6.45) is 2.19. The molecule has 0 fully saturated rings. The summed E-state index contributed by atoms with van der Waals surface area (Å²) in [7, 11) is 2.96. The fourth-order valence-electron chi connectivity index (χ4n) is 2.70. The number of rotatable bonds is 5. The summed E-state index contributed by atoms with van der Waals surface area (Å²) in [4.78, 5) is 42.2. The zero-order valence-corrected chi connectivity index (χ0v) is 15.0. The molecule has 0 spiro atoms. The highest BCUT2D eigenvalue weighted by atomic mass is 32.1. The average Bonchev–Trinajstić information content (AvgIpc) is 3.26. The van der Waals surface area contributed by atoms with Crippen LogP contribution < -0.4 is 16.6 Å². The average molecular weight is 361 g/mol. The van der Waals surface area contributed by atoms with E-state index >= 15 is 0 Å². The van der Waals surface area contributed by atoms with Gasteiger partial charge in [-0.25, -0.2) is 9.78 Å². The number of nitrogens with zero attached hydrogens (tertiary/aromatic N) is 4. The van der Waals surface area contributed by atoms with E-state index in [0.29, 0.717) is 6.54 Å². The molecule has 0 aliphatic rings. The Hall–Kier alpha value is -2.68. The normalized spacial score (nSPS) is 12.4. The van der Waals surface area contributed by atoms with Crippen molar-refractivity contribution in [2.24, 2.45) is 14.1 Å². The van der Waals surface area contributed by atoms with Gasteiger partial charge in [-0.05, 0) is 24.8 Å². The molecule has 25 heavy (non-hydrogen) atoms. The van der Waals surface area contributed by atoms with Gasteiger partial charge in [-0.2, -0.15) is 0 Å². The fraction of sp³-hybridized carbons (Fsp3) is 0.375. The van der Waals surface area contributed by atoms with E-state index in [2.05, 4.69) is 10.3 Å². The smallest absolute Gasteiger partial charge is 0.332 e. The molecule has 3 heterocycles. The van der Waals surface area contributed by atoms with E-state index in [1.54, 1.807) is 25.3 Å². The first-order valence-electron chi connectivity index (χ1n) is 7.84. The van der Waals surface area contributed by atoms with Gasteiger partial charge in [0.05, 0.1) is 6.33 Å². The Kier molecular flexibility index (Phi) is 4.58. The number of nitrogens with one attached hydrogen (secondary N) is 1. The number of fused-ring (bicyclic) bond motifs is 1. The molecule has 1 N–H and O–H groups in total. The van der Waals surface area contributed by atoms with Gasteiger partial charge >= 0.3 is 5.69 Å². The molecule has 8 nitrogen and oxygen atoms in total. The molecular weight excluding hydrogens is 342 g/mol. The fourth-order valence-corrected chi connectivity index (χ4v) is 3.40. The maximum Gasteiger partial charge on any atom is 0.332 e. The van der Waals surface area contributed by atoms with Crippen molar-refractivity contribution in [1.29, 1.82) is 0 Å². The van der Waals surface area contributed by atoms with E-state index < -0.39 is 17.3 Å². The number of hydrogen-bond acceptors (Lipinski definition) is 5. The van der Waals surface area contributed by atoms with Crippen LogP contribution in [0, 0.1) is 0 Å². The minimum Gasteiger partial charge on any atom is -0.354 e. The molecule has 3 rings (SSSR count). The largest absolute Gasteiger partial charge is 0.354 e. The van der Waals surface area contributed by atoms with Crippen molar-refractivity contribution in [3.8, 4) is 0 Å². The van der Waals surface area contributed by atoms with Crippen molar-refractivity contribution in [1.82, 2.24) is 24.0 Å². The van der Waals surface area contributed by atoms with Gasteiger partial charge in [0, 0.05) is 25.5 Å². The summed E-state index contributed by atoms with van der Waals surface area (Å²) in [6.45, 7) is 2.22. The Morgan fingerprint density at radius 3 is 2.76 bits per heavy atom. The van der Waals surface area contributed by atoms with Crippen LogP contribution in [0.4, 0.5) is 0 Å². The van der Waals surface area contributed by atoms with Gasteiger partial charge in [-0.3, -0.25) is 18.7 Å². The second-order valence-electron chi connectivity index (χ2n) is 5.83. The van der Waals surface area contributed by atoms with E-state index in [9.17, 15) is 14.4 Å². The third kappa shape index (κ3) is 3.02. The van der Waals surface area contributed by atoms with E-state index in [1.165, 1.54) is 27.4 Å². The molecule has 0 aliphatic carbocycles. The van der Waals surface area contributed by atoms with Gasteiger partial charge in [0.1, 0.15) is 6.04 Å². The van der Waals surface area contributed by atoms with Crippen molar-refractivity contribution in [3.05, 3.63) is 49.6 Å². The number of amides is 1. The van der Waals surface area contributed by atoms with Crippen LogP contribution >= 0.6 is 11.3 Å². The lowest BCUT2D eigenvalue weighted by Crippen LogP contribution is -2.38. The van der Waals surface area contributed by atoms with Crippen LogP contribution in [0.15, 0.2) is 33.4 Å². The minimum absolute atomic E-state index is 0.202. The van der Waals surface area contributed by atoms with Gasteiger partial charge in [0.25, 0.3) is 5.56 Å². The van der Waals surface area contributed by atoms with Crippen LogP contribution in [-0.4, -0.2) is 31.1 Å². The van der Waals surface area contributed by atoms with Crippen LogP contribution in [0.3, 0.4) is 0 Å². The number of imidazole rings is 1. The lowest BCUT2D eigenvalue weighted by Gasteiger charge is -2.14. The maximum absolute atomic E-state index is 12.4. The molecule has 1 unspecified atom stereocenters. The predicted molar refractivity (Wildman–Crippen MR) is 96.0 cm³/mol. The molecule has 132 valence electrons. The topological polar surface area (TPSA) is 90.9 Å². The second kappa shape index (κ2) is 6.67. The monoisotopic (exact) mass is 361 g/mol. The second-order valence-corrected chi connectivity index (χ2v) is 6.86. The Morgan fingerprint density at radius 1 is 1.32 bits per heavy atom. The van der Waals surface area contributed by atoms with E-state index in [4.69, 9.17) is 0 Å². The van der Waals surface area contributed by atoms with Crippen LogP contribution in [0.1, 0.15) is 17.8 Å². The van der Waals surface area contributed by atoms with E-state index in [1.807, 2.05) is 17.5 Å². The lowest BCUT2D eigenvalue weighted by molar-refractivity contribution is -0.123. The van der Waals surface area contributed by atoms with Gasteiger partial charge in [0.2, 0.25) is 5.91 Å². The number of aromatic nitrogens is 4. The summed E-state index contributed by atoms with van der Waals surface area (Å²) in [5, 5.41) is 4.87. The molecule has 9 heteroatoms. The van der Waals surface area contributed by atoms with Crippen molar-refractivity contribution >= 4 is 28.4 Å². The highest BCUT2D eigenvalue weighted by Crippen LogP contribution is 2.13. The minimum atomic E-state index is -0.612. The van der Waals surface area contributed by atoms with Crippen LogP contribution in [0.25, 0.3) is 11.2 Å². The predicted octanol–water partition coefficient (Wildman–Crippen LogP) is 0.415. The molecule has 3 aromatic heterocycles. The Morgan fingerprint density at radius 2 is 2.08 bits per heavy atom. The number of thiophene rings is 1. The number of carbonyl (C=O) groups is 1. The molecule has 0 aromatic carbocycles. The Balaban J connectivity index is 1.84. The maximum atomic E-state index is 12.4. The van der Waals surface area contributed by atoms with Gasteiger partial charge < -0.3 is 9.88 Å². The third-order valence-electron chi connectivity index (χ3n) is 4.22. The van der Waals surface area contributed by atoms with Crippen molar-refractivity contribution in [3.63, 3.8) is 0 Å². The molecule has 0 aliphatic heterocycles. The van der Waals surface area contributed by atoms with E-state index in [0.717, 1.165) is 11.0 Å². The molecule has 0 saturated heterocycles. The van der Waals surface area contributed by atoms with Gasteiger partial charge in [-0.15, -0.1) is 11.3 Å². The SMILES string of the molecule is CC(C(=O)NCCc1cccs1)n1cnc2c1c(=O)n(C)c(=O)n2C. The first-order chi connectivity index (χ1) is 11.9. The standard InChI is InChI=1S/C16H19N5O3S/c1-10(14(22)17-7-6-11-5-4-8-25-11)21-9-18-13-12(21)15(23)20(3)16(24)19(13)2/h4-5,8-10H,6-7H2,1-3H3,(H,17,22). The molecule has 3 aromatic rings.